The third-order valence-electron chi connectivity index (χ3n) is 0.567. The maximum atomic E-state index is 5.58. The lowest BCUT2D eigenvalue weighted by molar-refractivity contribution is 1.72. The van der Waals surface area contributed by atoms with Crippen LogP contribution in [0.15, 0.2) is 0 Å². The molecule has 0 aliphatic rings. The van der Waals surface area contributed by atoms with Crippen molar-refractivity contribution in [1.82, 2.24) is 0 Å². The Morgan fingerprint density at radius 3 is 1.40 bits per heavy atom. The molecular weight excluding hydrogens is 309 g/mol. The molecule has 0 aliphatic heterocycles. The van der Waals surface area contributed by atoms with Crippen molar-refractivity contribution >= 4 is 91.2 Å². The van der Waals surface area contributed by atoms with Crippen molar-refractivity contribution in [2.45, 2.75) is 3.42 Å². The van der Waals surface area contributed by atoms with Crippen LogP contribution < -0.4 is 0 Å². The predicted molar refractivity (Wildman–Crippen MR) is 55.1 cm³/mol. The van der Waals surface area contributed by atoms with Crippen LogP contribution in [0.5, 0.6) is 0 Å². The molecule has 58 valence electrons. The minimum absolute atomic E-state index is 1.46. The van der Waals surface area contributed by atoms with Crippen LogP contribution in [-0.4, -0.2) is 26.5 Å². The van der Waals surface area contributed by atoms with Crippen LogP contribution in [0, 0.1) is 0 Å². The van der Waals surface area contributed by atoms with Gasteiger partial charge in [-0.25, -0.2) is 0 Å². The van der Waals surface area contributed by atoms with Crippen molar-refractivity contribution in [3.63, 3.8) is 0 Å². The van der Waals surface area contributed by atoms with Crippen molar-refractivity contribution in [2.75, 3.05) is 0 Å². The average Bonchev–Trinajstić information content (AvgIpc) is 1.59. The lowest BCUT2D eigenvalue weighted by Gasteiger charge is -2.22. The summed E-state index contributed by atoms with van der Waals surface area (Å²) in [5, 5.41) is 0. The summed E-state index contributed by atoms with van der Waals surface area (Å²) in [5.74, 6) is 0. The van der Waals surface area contributed by atoms with Gasteiger partial charge in [-0.15, -0.1) is 33.2 Å². The molecule has 4 radical (unpaired) electrons. The normalized spacial score (nSPS) is 14.4. The van der Waals surface area contributed by atoms with E-state index < -0.39 is 16.8 Å². The van der Waals surface area contributed by atoms with Gasteiger partial charge in [0.05, 0.1) is 0 Å². The average molecular weight is 309 g/mol. The summed E-state index contributed by atoms with van der Waals surface area (Å²) in [6.07, 6.45) is 0. The maximum absolute atomic E-state index is 5.58. The van der Waals surface area contributed by atoms with Crippen LogP contribution in [0.2, 0.25) is 0 Å². The molecule has 0 aromatic carbocycles. The Bertz CT molecular complexity index is 97.1. The van der Waals surface area contributed by atoms with Crippen molar-refractivity contribution in [3.8, 4) is 0 Å². The first-order valence-electron chi connectivity index (χ1n) is 1.88. The summed E-state index contributed by atoms with van der Waals surface area (Å²) >= 11 is 33.2. The summed E-state index contributed by atoms with van der Waals surface area (Å²) in [4.78, 5) is 0. The summed E-state index contributed by atoms with van der Waals surface area (Å²) in [5.41, 5.74) is -2.86. The Kier molecular flexibility index (Phi) is 5.04. The molecule has 0 rings (SSSR count). The molecule has 0 saturated heterocycles. The molecule has 0 unspecified atom stereocenters. The molecule has 0 amide bonds. The highest BCUT2D eigenvalue weighted by Crippen LogP contribution is 2.36. The van der Waals surface area contributed by atoms with E-state index in [1.165, 1.54) is 0 Å². The number of alkyl halides is 3. The van der Waals surface area contributed by atoms with Crippen LogP contribution in [-0.2, 0) is 0 Å². The molecule has 0 aliphatic carbocycles. The molecule has 9 heteroatoms. The van der Waals surface area contributed by atoms with E-state index >= 15 is 0 Å². The minimum atomic E-state index is -2.86. The second-order valence-electron chi connectivity index (χ2n) is 1.37. The number of halogens is 6. The quantitative estimate of drug-likeness (QED) is 0.397. The largest absolute Gasteiger partial charge is 0.324 e. The molecule has 0 atom stereocenters. The van der Waals surface area contributed by atoms with E-state index in [0.717, 1.165) is 0 Å². The molecule has 0 aromatic heterocycles. The lowest BCUT2D eigenvalue weighted by atomic mass is 11.8. The summed E-state index contributed by atoms with van der Waals surface area (Å²) in [6.45, 7) is 0. The second-order valence-corrected chi connectivity index (χ2v) is 23.5. The van der Waals surface area contributed by atoms with Crippen molar-refractivity contribution in [2.24, 2.45) is 0 Å². The van der Waals surface area contributed by atoms with Gasteiger partial charge in [-0.05, 0) is 0 Å². The Hall–Kier alpha value is 2.39. The molecule has 0 nitrogen and oxygen atoms in total. The molecule has 0 aromatic rings. The predicted octanol–water partition coefficient (Wildman–Crippen LogP) is 2.79. The lowest BCUT2D eigenvalue weighted by Crippen LogP contribution is -2.48. The van der Waals surface area contributed by atoms with Gasteiger partial charge in [-0.2, -0.15) is 0 Å². The first-order chi connectivity index (χ1) is 4.15. The highest BCUT2D eigenvalue weighted by molar-refractivity contribution is 7.92. The molecule has 10 heavy (non-hydrogen) atoms. The number of rotatable bonds is 1. The third kappa shape index (κ3) is 4.42. The maximum Gasteiger partial charge on any atom is 0.324 e. The number of hydrogen-bond acceptors (Lipinski definition) is 0. The molecule has 0 spiro atoms. The van der Waals surface area contributed by atoms with E-state index in [1.807, 2.05) is 0 Å². The van der Waals surface area contributed by atoms with E-state index in [9.17, 15) is 0 Å². The third-order valence-corrected chi connectivity index (χ3v) is 23.0. The van der Waals surface area contributed by atoms with Gasteiger partial charge in [-0.1, -0.05) is 34.8 Å². The SMILES string of the molecule is [Si][Si](C(Cl)(Cl)Cl)[Si](Cl)(Cl)Cl. The van der Waals surface area contributed by atoms with Gasteiger partial charge in [0, 0.05) is 9.76 Å². The van der Waals surface area contributed by atoms with Crippen LogP contribution in [0.1, 0.15) is 0 Å². The van der Waals surface area contributed by atoms with E-state index in [4.69, 9.17) is 68.0 Å². The number of hydrogen-bond donors (Lipinski definition) is 0. The Balaban J connectivity index is 4.23. The fraction of sp³-hybridized carbons (Fsp3) is 1.00. The molecule has 0 bridgehead atoms. The van der Waals surface area contributed by atoms with Crippen molar-refractivity contribution < 1.29 is 0 Å². The van der Waals surface area contributed by atoms with Gasteiger partial charge in [0.2, 0.25) is 0 Å². The highest BCUT2D eigenvalue weighted by atomic mass is 35.8. The van der Waals surface area contributed by atoms with Crippen LogP contribution in [0.4, 0.5) is 0 Å². The molecule has 0 saturated carbocycles. The van der Waals surface area contributed by atoms with Gasteiger partial charge in [0.1, 0.15) is 7.83 Å². The van der Waals surface area contributed by atoms with Crippen molar-refractivity contribution in [1.29, 1.82) is 0 Å². The van der Waals surface area contributed by atoms with Crippen LogP contribution in [0.25, 0.3) is 0 Å². The van der Waals surface area contributed by atoms with E-state index in [1.54, 1.807) is 0 Å². The topological polar surface area (TPSA) is 0 Å². The summed E-state index contributed by atoms with van der Waals surface area (Å²) in [6, 6.07) is 0. The van der Waals surface area contributed by atoms with Gasteiger partial charge < -0.3 is 0 Å². The van der Waals surface area contributed by atoms with Crippen molar-refractivity contribution in [3.05, 3.63) is 0 Å². The molecule has 0 fully saturated rings. The summed E-state index contributed by atoms with van der Waals surface area (Å²) < 4.78 is -1.46. The zero-order valence-electron chi connectivity index (χ0n) is 4.27. The van der Waals surface area contributed by atoms with Gasteiger partial charge >= 0.3 is 5.52 Å². The summed E-state index contributed by atoms with van der Waals surface area (Å²) in [7, 11) is 1.46. The minimum Gasteiger partial charge on any atom is -0.130 e. The molecular formula is CCl6Si3. The standard InChI is InChI=1S/CCl6Si3/c2-1(3,4)9(8)10(5,6)7. The van der Waals surface area contributed by atoms with Gasteiger partial charge in [0.15, 0.2) is 3.42 Å². The van der Waals surface area contributed by atoms with Gasteiger partial charge in [0.25, 0.3) is 0 Å². The zero-order chi connectivity index (χ0) is 8.58. The van der Waals surface area contributed by atoms with E-state index in [2.05, 4.69) is 9.76 Å². The fourth-order valence-electron chi connectivity index (χ4n) is 0.161. The fourth-order valence-corrected chi connectivity index (χ4v) is 13.0. The molecule has 0 heterocycles. The van der Waals surface area contributed by atoms with Crippen LogP contribution >= 0.6 is 68.0 Å². The molecule has 0 N–H and O–H groups in total. The Morgan fingerprint density at radius 1 is 1.10 bits per heavy atom. The second kappa shape index (κ2) is 4.07. The first kappa shape index (κ1) is 12.4. The highest BCUT2D eigenvalue weighted by Gasteiger charge is 2.47. The monoisotopic (exact) mass is 306 g/mol. The van der Waals surface area contributed by atoms with Crippen LogP contribution in [0.3, 0.4) is 0 Å². The zero-order valence-corrected chi connectivity index (χ0v) is 11.8. The van der Waals surface area contributed by atoms with E-state index in [-0.39, 0.29) is 0 Å². The Morgan fingerprint density at radius 2 is 1.40 bits per heavy atom. The van der Waals surface area contributed by atoms with E-state index in [0.29, 0.717) is 0 Å². The first-order valence-corrected chi connectivity index (χ1v) is 12.1. The van der Waals surface area contributed by atoms with Gasteiger partial charge in [-0.3, -0.25) is 0 Å². The Labute approximate surface area is 93.8 Å². The smallest absolute Gasteiger partial charge is 0.130 e.